The molecule has 0 aliphatic carbocycles. The fourth-order valence-electron chi connectivity index (χ4n) is 6.56. The maximum Gasteiger partial charge on any atom is 0.290 e. The highest BCUT2D eigenvalue weighted by molar-refractivity contribution is 6.01. The minimum atomic E-state index is -0.250. The summed E-state index contributed by atoms with van der Waals surface area (Å²) in [4.78, 5) is 27.7. The number of benzene rings is 4. The van der Waals surface area contributed by atoms with E-state index in [0.29, 0.717) is 30.2 Å². The third-order valence-corrected chi connectivity index (χ3v) is 8.66. The van der Waals surface area contributed by atoms with Crippen LogP contribution < -0.4 is 9.47 Å². The van der Waals surface area contributed by atoms with Crippen LogP contribution in [0.1, 0.15) is 34.1 Å². The Hall–Kier alpha value is -5.54. The fourth-order valence-corrected chi connectivity index (χ4v) is 6.56. The maximum atomic E-state index is 14.8. The molecule has 2 heterocycles. The van der Waals surface area contributed by atoms with Gasteiger partial charge in [-0.3, -0.25) is 14.5 Å². The number of rotatable bonds is 10. The number of nitrogens with zero attached hydrogens (tertiary/aromatic N) is 3. The van der Waals surface area contributed by atoms with Gasteiger partial charge in [0.05, 0.1) is 30.7 Å². The van der Waals surface area contributed by atoms with E-state index < -0.39 is 0 Å². The predicted molar refractivity (Wildman–Crippen MR) is 191 cm³/mol. The number of carbonyl (C=O) groups is 2. The summed E-state index contributed by atoms with van der Waals surface area (Å²) in [5, 5.41) is 17.6. The third-order valence-electron chi connectivity index (χ3n) is 8.66. The molecule has 1 aliphatic heterocycles. The molecule has 0 bridgehead atoms. The molecule has 0 radical (unpaired) electrons. The summed E-state index contributed by atoms with van der Waals surface area (Å²) >= 11 is 0. The molecule has 0 saturated carbocycles. The molecular weight excluding hydrogens is 618 g/mol. The Morgan fingerprint density at radius 3 is 2.18 bits per heavy atom. The first-order valence-corrected chi connectivity index (χ1v) is 16.4. The van der Waals surface area contributed by atoms with Gasteiger partial charge in [-0.05, 0) is 79.4 Å². The van der Waals surface area contributed by atoms with Crippen LogP contribution in [0.2, 0.25) is 0 Å². The number of phenolic OH excluding ortho intramolecular Hbond substituents is 1. The summed E-state index contributed by atoms with van der Waals surface area (Å²) in [5.74, 6) is 1.14. The number of hydrogen-bond donors (Lipinski definition) is 2. The molecule has 1 unspecified atom stereocenters. The van der Waals surface area contributed by atoms with Gasteiger partial charge in [-0.15, -0.1) is 0 Å². The predicted octanol–water partition coefficient (Wildman–Crippen LogP) is 6.84. The van der Waals surface area contributed by atoms with Crippen LogP contribution in [0.4, 0.5) is 0 Å². The highest BCUT2D eigenvalue weighted by atomic mass is 16.5. The van der Waals surface area contributed by atoms with Crippen molar-refractivity contribution in [1.82, 2.24) is 14.4 Å². The second-order valence-electron chi connectivity index (χ2n) is 11.8. The van der Waals surface area contributed by atoms with Gasteiger partial charge in [0.1, 0.15) is 5.75 Å². The molecule has 254 valence electrons. The van der Waals surface area contributed by atoms with Crippen LogP contribution in [0.3, 0.4) is 0 Å². The SMILES string of the molecule is CCOc1ccc(-c2c(C(=O)N3CCN(Cc4ccccc4)CC3Cc3ccccc3)cc(C)n2-c2cccc(O)c2OC)cc1.O=CO. The second-order valence-corrected chi connectivity index (χ2v) is 11.8. The first kappa shape index (κ1) is 34.8. The van der Waals surface area contributed by atoms with E-state index in [2.05, 4.69) is 58.3 Å². The molecule has 1 amide bonds. The molecule has 6 rings (SSSR count). The van der Waals surface area contributed by atoms with Crippen LogP contribution in [-0.4, -0.2) is 76.4 Å². The van der Waals surface area contributed by atoms with Gasteiger partial charge < -0.3 is 29.2 Å². The van der Waals surface area contributed by atoms with Crippen molar-refractivity contribution in [2.75, 3.05) is 33.4 Å². The Morgan fingerprint density at radius 2 is 1.55 bits per heavy atom. The van der Waals surface area contributed by atoms with Crippen LogP contribution in [0, 0.1) is 6.92 Å². The van der Waals surface area contributed by atoms with Gasteiger partial charge in [0.2, 0.25) is 0 Å². The Morgan fingerprint density at radius 1 is 0.898 bits per heavy atom. The summed E-state index contributed by atoms with van der Waals surface area (Å²) in [6, 6.07) is 36.0. The van der Waals surface area contributed by atoms with Crippen LogP contribution in [0.5, 0.6) is 17.2 Å². The topological polar surface area (TPSA) is 104 Å². The molecule has 5 aromatic rings. The molecule has 0 spiro atoms. The van der Waals surface area contributed by atoms with E-state index in [0.717, 1.165) is 48.8 Å². The number of hydrogen-bond acceptors (Lipinski definition) is 6. The smallest absolute Gasteiger partial charge is 0.290 e. The zero-order valence-electron chi connectivity index (χ0n) is 28.2. The van der Waals surface area contributed by atoms with Crippen LogP contribution in [0.25, 0.3) is 16.9 Å². The maximum absolute atomic E-state index is 14.8. The normalized spacial score (nSPS) is 14.4. The monoisotopic (exact) mass is 661 g/mol. The van der Waals surface area contributed by atoms with E-state index in [1.54, 1.807) is 19.2 Å². The molecule has 1 atom stereocenters. The van der Waals surface area contributed by atoms with Gasteiger partial charge in [-0.1, -0.05) is 66.7 Å². The van der Waals surface area contributed by atoms with Crippen molar-refractivity contribution in [2.45, 2.75) is 32.9 Å². The average Bonchev–Trinajstić information content (AvgIpc) is 3.46. The summed E-state index contributed by atoms with van der Waals surface area (Å²) in [5.41, 5.74) is 6.23. The molecule has 1 fully saturated rings. The number of para-hydroxylation sites is 1. The molecule has 2 N–H and O–H groups in total. The lowest BCUT2D eigenvalue weighted by Gasteiger charge is -2.42. The number of phenols is 1. The zero-order valence-corrected chi connectivity index (χ0v) is 28.2. The van der Waals surface area contributed by atoms with E-state index in [1.807, 2.05) is 66.9 Å². The molecular formula is C40H43N3O6. The number of aromatic hydroxyl groups is 1. The zero-order chi connectivity index (χ0) is 34.8. The first-order chi connectivity index (χ1) is 23.9. The van der Waals surface area contributed by atoms with Gasteiger partial charge in [0, 0.05) is 37.9 Å². The third kappa shape index (κ3) is 8.13. The second kappa shape index (κ2) is 16.5. The van der Waals surface area contributed by atoms with Crippen molar-refractivity contribution >= 4 is 12.4 Å². The van der Waals surface area contributed by atoms with Crippen molar-refractivity contribution in [2.24, 2.45) is 0 Å². The highest BCUT2D eigenvalue weighted by Crippen LogP contribution is 2.39. The van der Waals surface area contributed by atoms with Gasteiger partial charge in [0.15, 0.2) is 11.5 Å². The number of aromatic nitrogens is 1. The summed E-state index contributed by atoms with van der Waals surface area (Å²) < 4.78 is 13.4. The van der Waals surface area contributed by atoms with E-state index in [4.69, 9.17) is 19.4 Å². The minimum absolute atomic E-state index is 0.00912. The number of aryl methyl sites for hydroxylation is 1. The Bertz CT molecular complexity index is 1820. The van der Waals surface area contributed by atoms with Crippen molar-refractivity contribution in [1.29, 1.82) is 0 Å². The molecule has 1 aromatic heterocycles. The fraction of sp³-hybridized carbons (Fsp3) is 0.250. The molecule has 4 aromatic carbocycles. The lowest BCUT2D eigenvalue weighted by atomic mass is 9.99. The number of carbonyl (C=O) groups excluding carboxylic acids is 1. The van der Waals surface area contributed by atoms with Gasteiger partial charge in [0.25, 0.3) is 12.4 Å². The largest absolute Gasteiger partial charge is 0.504 e. The Labute approximate surface area is 287 Å². The minimum Gasteiger partial charge on any atom is -0.504 e. The van der Waals surface area contributed by atoms with Gasteiger partial charge in [-0.2, -0.15) is 0 Å². The molecule has 1 aliphatic rings. The Kier molecular flexibility index (Phi) is 11.7. The van der Waals surface area contributed by atoms with E-state index in [1.165, 1.54) is 11.1 Å². The standard InChI is InChI=1S/C39H41N3O4.CH2O2/c1-4-46-33-20-18-31(19-21-33)37-34(24-28(2)42(37)35-16-11-17-36(43)38(35)45-3)39(44)41-23-22-40(26-30-14-9-6-10-15-30)27-32(41)25-29-12-7-5-8-13-29;2-1-3/h5-21,24,32,43H,4,22-23,25-27H2,1-3H3;1H,(H,2,3). The Balaban J connectivity index is 0.00000151. The quantitative estimate of drug-likeness (QED) is 0.158. The number of methoxy groups -OCH3 is 1. The molecule has 9 heteroatoms. The lowest BCUT2D eigenvalue weighted by molar-refractivity contribution is -0.122. The van der Waals surface area contributed by atoms with Crippen LogP contribution in [-0.2, 0) is 17.8 Å². The van der Waals surface area contributed by atoms with Crippen molar-refractivity contribution in [3.63, 3.8) is 0 Å². The van der Waals surface area contributed by atoms with E-state index in [-0.39, 0.29) is 24.2 Å². The van der Waals surface area contributed by atoms with Gasteiger partial charge >= 0.3 is 0 Å². The molecule has 1 saturated heterocycles. The number of piperazine rings is 1. The molecule has 49 heavy (non-hydrogen) atoms. The average molecular weight is 662 g/mol. The lowest BCUT2D eigenvalue weighted by Crippen LogP contribution is -2.55. The first-order valence-electron chi connectivity index (χ1n) is 16.4. The number of amides is 1. The van der Waals surface area contributed by atoms with Crippen molar-refractivity contribution in [3.8, 4) is 34.2 Å². The number of ether oxygens (including phenoxy) is 2. The summed E-state index contributed by atoms with van der Waals surface area (Å²) in [6.45, 7) is 7.27. The van der Waals surface area contributed by atoms with E-state index >= 15 is 0 Å². The summed E-state index contributed by atoms with van der Waals surface area (Å²) in [7, 11) is 1.54. The van der Waals surface area contributed by atoms with Crippen molar-refractivity contribution < 1.29 is 29.3 Å². The van der Waals surface area contributed by atoms with E-state index in [9.17, 15) is 9.90 Å². The van der Waals surface area contributed by atoms with Crippen molar-refractivity contribution in [3.05, 3.63) is 132 Å². The highest BCUT2D eigenvalue weighted by Gasteiger charge is 2.34. The van der Waals surface area contributed by atoms with Crippen LogP contribution in [0.15, 0.2) is 109 Å². The van der Waals surface area contributed by atoms with Crippen LogP contribution >= 0.6 is 0 Å². The summed E-state index contributed by atoms with van der Waals surface area (Å²) in [6.07, 6.45) is 0.760. The molecule has 9 nitrogen and oxygen atoms in total. The number of carboxylic acid groups (broad SMARTS) is 1. The van der Waals surface area contributed by atoms with Gasteiger partial charge in [-0.25, -0.2) is 0 Å².